The van der Waals surface area contributed by atoms with Crippen LogP contribution in [0.3, 0.4) is 0 Å². The van der Waals surface area contributed by atoms with Crippen LogP contribution in [0.2, 0.25) is 0 Å². The molecule has 2 rings (SSSR count). The van der Waals surface area contributed by atoms with Crippen molar-refractivity contribution < 1.29 is 9.53 Å². The van der Waals surface area contributed by atoms with Gasteiger partial charge in [-0.05, 0) is 6.07 Å². The van der Waals surface area contributed by atoms with Gasteiger partial charge in [-0.15, -0.1) is 0 Å². The molecule has 0 aliphatic rings. The number of aromatic amines is 1. The van der Waals surface area contributed by atoms with Gasteiger partial charge in [0.05, 0.1) is 30.8 Å². The average molecular weight is 203 g/mol. The summed E-state index contributed by atoms with van der Waals surface area (Å²) in [5.41, 5.74) is 1.21. The number of ether oxygens (including phenoxy) is 1. The predicted octanol–water partition coefficient (Wildman–Crippen LogP) is 1.29. The maximum Gasteiger partial charge on any atom is 0.167 e. The van der Waals surface area contributed by atoms with Crippen molar-refractivity contribution in [1.82, 2.24) is 15.0 Å². The van der Waals surface area contributed by atoms with Crippen LogP contribution in [0.15, 0.2) is 24.7 Å². The molecule has 5 heteroatoms. The number of carbonyl (C=O) groups is 1. The van der Waals surface area contributed by atoms with Gasteiger partial charge in [0, 0.05) is 6.20 Å². The van der Waals surface area contributed by atoms with Gasteiger partial charge in [-0.2, -0.15) is 0 Å². The van der Waals surface area contributed by atoms with E-state index in [2.05, 4.69) is 15.0 Å². The first kappa shape index (κ1) is 9.39. The molecule has 0 radical (unpaired) electrons. The van der Waals surface area contributed by atoms with Crippen molar-refractivity contribution in [2.24, 2.45) is 0 Å². The number of nitrogens with zero attached hydrogens (tertiary/aromatic N) is 2. The van der Waals surface area contributed by atoms with Crippen molar-refractivity contribution in [3.05, 3.63) is 30.4 Å². The number of carbonyl (C=O) groups excluding carboxylic acids is 1. The second-order valence-electron chi connectivity index (χ2n) is 2.88. The lowest BCUT2D eigenvalue weighted by Crippen LogP contribution is -1.90. The van der Waals surface area contributed by atoms with E-state index < -0.39 is 0 Å². The molecule has 1 N–H and O–H groups in total. The van der Waals surface area contributed by atoms with E-state index in [9.17, 15) is 4.79 Å². The van der Waals surface area contributed by atoms with E-state index in [0.29, 0.717) is 23.6 Å². The molecule has 0 saturated carbocycles. The summed E-state index contributed by atoms with van der Waals surface area (Å²) in [5, 5.41) is 0. The number of methoxy groups -OCH3 is 1. The SMILES string of the molecule is COc1cnccc1-c1ncc(C=O)[nH]1. The van der Waals surface area contributed by atoms with Crippen molar-refractivity contribution in [3.8, 4) is 17.1 Å². The van der Waals surface area contributed by atoms with Crippen molar-refractivity contribution in [2.45, 2.75) is 0 Å². The third kappa shape index (κ3) is 1.71. The fourth-order valence-corrected chi connectivity index (χ4v) is 1.27. The molecule has 2 aromatic heterocycles. The van der Waals surface area contributed by atoms with Gasteiger partial charge in [-0.1, -0.05) is 0 Å². The van der Waals surface area contributed by atoms with Crippen molar-refractivity contribution in [2.75, 3.05) is 7.11 Å². The smallest absolute Gasteiger partial charge is 0.167 e. The minimum Gasteiger partial charge on any atom is -0.494 e. The van der Waals surface area contributed by atoms with E-state index in [1.807, 2.05) is 0 Å². The fraction of sp³-hybridized carbons (Fsp3) is 0.100. The summed E-state index contributed by atoms with van der Waals surface area (Å²) in [6.45, 7) is 0. The minimum absolute atomic E-state index is 0.434. The van der Waals surface area contributed by atoms with Gasteiger partial charge in [-0.3, -0.25) is 9.78 Å². The highest BCUT2D eigenvalue weighted by molar-refractivity contribution is 5.74. The first-order valence-corrected chi connectivity index (χ1v) is 4.33. The summed E-state index contributed by atoms with van der Waals surface area (Å²) in [7, 11) is 1.56. The molecular weight excluding hydrogens is 194 g/mol. The zero-order valence-corrected chi connectivity index (χ0v) is 8.10. The Kier molecular flexibility index (Phi) is 2.45. The standard InChI is InChI=1S/C10H9N3O2/c1-15-9-5-11-3-2-8(9)10-12-4-7(6-14)13-10/h2-6H,1H3,(H,12,13). The molecule has 0 amide bonds. The van der Waals surface area contributed by atoms with Crippen LogP contribution in [0.5, 0.6) is 5.75 Å². The lowest BCUT2D eigenvalue weighted by atomic mass is 10.2. The molecule has 0 aliphatic carbocycles. The summed E-state index contributed by atoms with van der Waals surface area (Å²) < 4.78 is 5.13. The Bertz CT molecular complexity index is 479. The van der Waals surface area contributed by atoms with Gasteiger partial charge in [0.25, 0.3) is 0 Å². The Morgan fingerprint density at radius 1 is 1.47 bits per heavy atom. The van der Waals surface area contributed by atoms with Crippen molar-refractivity contribution >= 4 is 6.29 Å². The largest absolute Gasteiger partial charge is 0.494 e. The average Bonchev–Trinajstić information content (AvgIpc) is 2.77. The molecule has 5 nitrogen and oxygen atoms in total. The zero-order chi connectivity index (χ0) is 10.7. The molecule has 15 heavy (non-hydrogen) atoms. The number of hydrogen-bond donors (Lipinski definition) is 1. The molecule has 0 bridgehead atoms. The molecule has 2 heterocycles. The van der Waals surface area contributed by atoms with E-state index >= 15 is 0 Å². The Balaban J connectivity index is 2.48. The van der Waals surface area contributed by atoms with E-state index in [1.54, 1.807) is 25.6 Å². The minimum atomic E-state index is 0.434. The van der Waals surface area contributed by atoms with E-state index in [4.69, 9.17) is 4.74 Å². The quantitative estimate of drug-likeness (QED) is 0.763. The first-order chi connectivity index (χ1) is 7.35. The Labute approximate surface area is 86.1 Å². The zero-order valence-electron chi connectivity index (χ0n) is 8.10. The summed E-state index contributed by atoms with van der Waals surface area (Å²) in [6.07, 6.45) is 5.42. The number of hydrogen-bond acceptors (Lipinski definition) is 4. The Morgan fingerprint density at radius 3 is 3.00 bits per heavy atom. The van der Waals surface area contributed by atoms with Crippen LogP contribution in [0.4, 0.5) is 0 Å². The predicted molar refractivity (Wildman–Crippen MR) is 53.8 cm³/mol. The third-order valence-corrected chi connectivity index (χ3v) is 1.98. The second kappa shape index (κ2) is 3.91. The lowest BCUT2D eigenvalue weighted by Gasteiger charge is -2.03. The van der Waals surface area contributed by atoms with Gasteiger partial charge >= 0.3 is 0 Å². The Morgan fingerprint density at radius 2 is 2.33 bits per heavy atom. The van der Waals surface area contributed by atoms with E-state index in [1.165, 1.54) is 6.20 Å². The van der Waals surface area contributed by atoms with Crippen molar-refractivity contribution in [1.29, 1.82) is 0 Å². The van der Waals surface area contributed by atoms with Crippen LogP contribution in [0, 0.1) is 0 Å². The molecular formula is C10H9N3O2. The topological polar surface area (TPSA) is 67.9 Å². The maximum absolute atomic E-state index is 10.5. The van der Waals surface area contributed by atoms with Crippen LogP contribution in [-0.4, -0.2) is 28.3 Å². The molecule has 0 aromatic carbocycles. The summed E-state index contributed by atoms with van der Waals surface area (Å²) in [6, 6.07) is 1.77. The molecule has 2 aromatic rings. The van der Waals surface area contributed by atoms with Crippen LogP contribution in [0.1, 0.15) is 10.5 Å². The molecule has 0 fully saturated rings. The highest BCUT2D eigenvalue weighted by Crippen LogP contribution is 2.25. The molecule has 76 valence electrons. The molecule has 0 aliphatic heterocycles. The number of nitrogens with one attached hydrogen (secondary N) is 1. The summed E-state index contributed by atoms with van der Waals surface area (Å²) in [5.74, 6) is 1.21. The lowest BCUT2D eigenvalue weighted by molar-refractivity contribution is 0.111. The number of H-pyrrole nitrogens is 1. The summed E-state index contributed by atoms with van der Waals surface area (Å²) in [4.78, 5) is 21.4. The van der Waals surface area contributed by atoms with Crippen LogP contribution >= 0.6 is 0 Å². The normalized spacial score (nSPS) is 9.93. The highest BCUT2D eigenvalue weighted by atomic mass is 16.5. The number of imidazole rings is 1. The van der Waals surface area contributed by atoms with Crippen molar-refractivity contribution in [3.63, 3.8) is 0 Å². The number of aromatic nitrogens is 3. The maximum atomic E-state index is 10.5. The van der Waals surface area contributed by atoms with Gasteiger partial charge in [-0.25, -0.2) is 4.98 Å². The number of aldehydes is 1. The van der Waals surface area contributed by atoms with Gasteiger partial charge in [0.15, 0.2) is 6.29 Å². The number of pyridine rings is 1. The van der Waals surface area contributed by atoms with Crippen LogP contribution in [-0.2, 0) is 0 Å². The second-order valence-corrected chi connectivity index (χ2v) is 2.88. The van der Waals surface area contributed by atoms with Crippen LogP contribution < -0.4 is 4.74 Å². The Hall–Kier alpha value is -2.17. The van der Waals surface area contributed by atoms with Gasteiger partial charge in [0.2, 0.25) is 0 Å². The monoisotopic (exact) mass is 203 g/mol. The molecule has 0 spiro atoms. The molecule has 0 saturated heterocycles. The molecule has 0 atom stereocenters. The highest BCUT2D eigenvalue weighted by Gasteiger charge is 2.08. The number of rotatable bonds is 3. The van der Waals surface area contributed by atoms with Gasteiger partial charge in [0.1, 0.15) is 11.6 Å². The first-order valence-electron chi connectivity index (χ1n) is 4.33. The van der Waals surface area contributed by atoms with E-state index in [0.717, 1.165) is 5.56 Å². The molecule has 0 unspecified atom stereocenters. The van der Waals surface area contributed by atoms with Crippen LogP contribution in [0.25, 0.3) is 11.4 Å². The fourth-order valence-electron chi connectivity index (χ4n) is 1.27. The summed E-state index contributed by atoms with van der Waals surface area (Å²) >= 11 is 0. The third-order valence-electron chi connectivity index (χ3n) is 1.98. The van der Waals surface area contributed by atoms with E-state index in [-0.39, 0.29) is 0 Å². The van der Waals surface area contributed by atoms with Gasteiger partial charge < -0.3 is 9.72 Å².